The van der Waals surface area contributed by atoms with E-state index in [1.54, 1.807) is 18.5 Å². The maximum atomic E-state index is 12.8. The van der Waals surface area contributed by atoms with Crippen LogP contribution in [-0.2, 0) is 6.54 Å². The molecule has 1 saturated heterocycles. The number of carbonyl (C=O) groups excluding carboxylic acids is 2. The Morgan fingerprint density at radius 3 is 2.47 bits per heavy atom. The molecule has 0 bridgehead atoms. The second-order valence-electron chi connectivity index (χ2n) is 8.52. The van der Waals surface area contributed by atoms with E-state index in [1.807, 2.05) is 53.4 Å². The highest BCUT2D eigenvalue weighted by Gasteiger charge is 2.20. The molecule has 2 N–H and O–H groups in total. The van der Waals surface area contributed by atoms with Crippen LogP contribution in [0.5, 0.6) is 0 Å². The molecule has 0 unspecified atom stereocenters. The number of para-hydroxylation sites is 2. The molecule has 1 aliphatic rings. The van der Waals surface area contributed by atoms with Crippen LogP contribution < -0.4 is 5.32 Å². The number of imidazole rings is 1. The highest BCUT2D eigenvalue weighted by molar-refractivity contribution is 5.96. The van der Waals surface area contributed by atoms with Crippen LogP contribution in [0.4, 0.5) is 0 Å². The first-order valence-electron chi connectivity index (χ1n) is 11.3. The summed E-state index contributed by atoms with van der Waals surface area (Å²) in [7, 11) is 2.07. The molecule has 172 valence electrons. The highest BCUT2D eigenvalue weighted by Crippen LogP contribution is 2.21. The molecule has 0 radical (unpaired) electrons. The van der Waals surface area contributed by atoms with Gasteiger partial charge in [0.1, 0.15) is 5.82 Å². The minimum atomic E-state index is -0.225. The summed E-state index contributed by atoms with van der Waals surface area (Å²) in [6.07, 6.45) is 3.26. The van der Waals surface area contributed by atoms with E-state index in [4.69, 9.17) is 0 Å². The molecule has 5 rings (SSSR count). The average molecular weight is 455 g/mol. The van der Waals surface area contributed by atoms with Crippen LogP contribution in [0.1, 0.15) is 26.5 Å². The zero-order chi connectivity index (χ0) is 23.5. The molecule has 0 atom stereocenters. The molecule has 0 saturated carbocycles. The molecule has 4 aromatic rings. The summed E-state index contributed by atoms with van der Waals surface area (Å²) in [4.78, 5) is 41.5. The normalized spacial score (nSPS) is 14.3. The molecule has 2 aromatic carbocycles. The number of nitrogens with zero attached hydrogens (tertiary/aromatic N) is 4. The quantitative estimate of drug-likeness (QED) is 0.484. The zero-order valence-electron chi connectivity index (χ0n) is 19.0. The Morgan fingerprint density at radius 2 is 1.71 bits per heavy atom. The van der Waals surface area contributed by atoms with Crippen molar-refractivity contribution in [3.8, 4) is 11.1 Å². The number of carbonyl (C=O) groups is 2. The van der Waals surface area contributed by atoms with Crippen molar-refractivity contribution in [1.82, 2.24) is 30.1 Å². The maximum Gasteiger partial charge on any atom is 0.253 e. The minimum Gasteiger partial charge on any atom is -0.345 e. The first-order valence-corrected chi connectivity index (χ1v) is 11.3. The van der Waals surface area contributed by atoms with Crippen molar-refractivity contribution in [2.24, 2.45) is 0 Å². The lowest BCUT2D eigenvalue weighted by atomic mass is 10.0. The lowest BCUT2D eigenvalue weighted by Gasteiger charge is -2.32. The van der Waals surface area contributed by atoms with Crippen molar-refractivity contribution in [2.45, 2.75) is 6.54 Å². The van der Waals surface area contributed by atoms with E-state index in [9.17, 15) is 9.59 Å². The predicted molar refractivity (Wildman–Crippen MR) is 130 cm³/mol. The van der Waals surface area contributed by atoms with Gasteiger partial charge in [-0.1, -0.05) is 24.3 Å². The van der Waals surface area contributed by atoms with Gasteiger partial charge >= 0.3 is 0 Å². The summed E-state index contributed by atoms with van der Waals surface area (Å²) >= 11 is 0. The van der Waals surface area contributed by atoms with Gasteiger partial charge in [0, 0.05) is 49.7 Å². The van der Waals surface area contributed by atoms with E-state index < -0.39 is 0 Å². The van der Waals surface area contributed by atoms with Gasteiger partial charge in [-0.15, -0.1) is 0 Å². The molecule has 1 aliphatic heterocycles. The molecule has 1 fully saturated rings. The van der Waals surface area contributed by atoms with Gasteiger partial charge in [0.05, 0.1) is 23.1 Å². The topological polar surface area (TPSA) is 94.2 Å². The van der Waals surface area contributed by atoms with Crippen LogP contribution in [0.3, 0.4) is 0 Å². The summed E-state index contributed by atoms with van der Waals surface area (Å²) in [6, 6.07) is 17.0. The Kier molecular flexibility index (Phi) is 6.05. The van der Waals surface area contributed by atoms with E-state index in [0.29, 0.717) is 23.5 Å². The SMILES string of the molecule is CN1CCN(C(=O)c2ccc(-c3cncc(C(=O)NCc4nc5ccccc5[nH]4)c3)cc2)CC1. The predicted octanol–water partition coefficient (Wildman–Crippen LogP) is 2.94. The van der Waals surface area contributed by atoms with Gasteiger partial charge in [-0.2, -0.15) is 0 Å². The standard InChI is InChI=1S/C26H26N6O2/c1-31-10-12-32(13-11-31)26(34)19-8-6-18(7-9-19)20-14-21(16-27-15-20)25(33)28-17-24-29-22-4-2-3-5-23(22)30-24/h2-9,14-16H,10-13,17H2,1H3,(H,28,33)(H,29,30). The van der Waals surface area contributed by atoms with Gasteiger partial charge in [-0.25, -0.2) is 4.98 Å². The fourth-order valence-electron chi connectivity index (χ4n) is 4.07. The maximum absolute atomic E-state index is 12.8. The average Bonchev–Trinajstić information content (AvgIpc) is 3.31. The number of rotatable bonds is 5. The van der Waals surface area contributed by atoms with Crippen molar-refractivity contribution < 1.29 is 9.59 Å². The lowest BCUT2D eigenvalue weighted by molar-refractivity contribution is 0.0664. The Morgan fingerprint density at radius 1 is 0.941 bits per heavy atom. The molecular weight excluding hydrogens is 428 g/mol. The highest BCUT2D eigenvalue weighted by atomic mass is 16.2. The number of aromatic nitrogens is 3. The van der Waals surface area contributed by atoms with E-state index in [-0.39, 0.29) is 11.8 Å². The van der Waals surface area contributed by atoms with Crippen LogP contribution >= 0.6 is 0 Å². The zero-order valence-corrected chi connectivity index (χ0v) is 19.0. The third-order valence-corrected chi connectivity index (χ3v) is 6.11. The minimum absolute atomic E-state index is 0.0523. The third kappa shape index (κ3) is 4.67. The van der Waals surface area contributed by atoms with Gasteiger partial charge < -0.3 is 20.1 Å². The molecule has 0 spiro atoms. The van der Waals surface area contributed by atoms with Crippen molar-refractivity contribution in [1.29, 1.82) is 0 Å². The summed E-state index contributed by atoms with van der Waals surface area (Å²) in [6.45, 7) is 3.56. The van der Waals surface area contributed by atoms with Gasteiger partial charge in [0.15, 0.2) is 0 Å². The van der Waals surface area contributed by atoms with Crippen LogP contribution in [-0.4, -0.2) is 69.8 Å². The molecule has 2 aromatic heterocycles. The number of fused-ring (bicyclic) bond motifs is 1. The van der Waals surface area contributed by atoms with Gasteiger partial charge in [-0.3, -0.25) is 14.6 Å². The summed E-state index contributed by atoms with van der Waals surface area (Å²) in [5.41, 5.74) is 4.64. The first-order chi connectivity index (χ1) is 16.6. The number of piperazine rings is 1. The second-order valence-corrected chi connectivity index (χ2v) is 8.52. The summed E-state index contributed by atoms with van der Waals surface area (Å²) < 4.78 is 0. The Hall–Kier alpha value is -4.04. The van der Waals surface area contributed by atoms with Crippen LogP contribution in [0.2, 0.25) is 0 Å². The molecule has 34 heavy (non-hydrogen) atoms. The molecule has 0 aliphatic carbocycles. The number of amides is 2. The monoisotopic (exact) mass is 454 g/mol. The smallest absolute Gasteiger partial charge is 0.253 e. The fourth-order valence-corrected chi connectivity index (χ4v) is 4.07. The number of hydrogen-bond donors (Lipinski definition) is 2. The largest absolute Gasteiger partial charge is 0.345 e. The summed E-state index contributed by atoms with van der Waals surface area (Å²) in [5, 5.41) is 2.89. The fraction of sp³-hybridized carbons (Fsp3) is 0.231. The number of pyridine rings is 1. The number of aromatic amines is 1. The lowest BCUT2D eigenvalue weighted by Crippen LogP contribution is -2.47. The number of likely N-dealkylation sites (N-methyl/N-ethyl adjacent to an activating group) is 1. The van der Waals surface area contributed by atoms with Crippen molar-refractivity contribution >= 4 is 22.8 Å². The Labute approximate surface area is 197 Å². The van der Waals surface area contributed by atoms with Crippen LogP contribution in [0.15, 0.2) is 67.0 Å². The second kappa shape index (κ2) is 9.44. The van der Waals surface area contributed by atoms with Gasteiger partial charge in [0.25, 0.3) is 11.8 Å². The van der Waals surface area contributed by atoms with Crippen molar-refractivity contribution in [3.05, 3.63) is 83.9 Å². The molecule has 8 heteroatoms. The molecule has 8 nitrogen and oxygen atoms in total. The third-order valence-electron chi connectivity index (χ3n) is 6.11. The molecular formula is C26H26N6O2. The van der Waals surface area contributed by atoms with Crippen LogP contribution in [0.25, 0.3) is 22.2 Å². The number of nitrogens with one attached hydrogen (secondary N) is 2. The van der Waals surface area contributed by atoms with E-state index >= 15 is 0 Å². The van der Waals surface area contributed by atoms with Crippen molar-refractivity contribution in [3.63, 3.8) is 0 Å². The number of H-pyrrole nitrogens is 1. The van der Waals surface area contributed by atoms with Crippen LogP contribution in [0, 0.1) is 0 Å². The summed E-state index contributed by atoms with van der Waals surface area (Å²) in [5.74, 6) is 0.521. The van der Waals surface area contributed by atoms with E-state index in [1.165, 1.54) is 0 Å². The van der Waals surface area contributed by atoms with E-state index in [2.05, 4.69) is 32.2 Å². The first kappa shape index (κ1) is 21.8. The Bertz CT molecular complexity index is 1290. The number of benzene rings is 2. The van der Waals surface area contributed by atoms with Gasteiger partial charge in [0.2, 0.25) is 0 Å². The van der Waals surface area contributed by atoms with Crippen molar-refractivity contribution in [2.75, 3.05) is 33.2 Å². The van der Waals surface area contributed by atoms with E-state index in [0.717, 1.165) is 48.3 Å². The molecule has 3 heterocycles. The Balaban J connectivity index is 1.25. The number of hydrogen-bond acceptors (Lipinski definition) is 5. The van der Waals surface area contributed by atoms with Gasteiger partial charge in [-0.05, 0) is 42.9 Å². The molecule has 2 amide bonds.